The van der Waals surface area contributed by atoms with Crippen LogP contribution in [-0.4, -0.2) is 28.2 Å². The molecule has 0 unspecified atom stereocenters. The number of hydrogen-bond donors (Lipinski definition) is 1. The number of carbonyl (C=O) groups excluding carboxylic acids is 1. The number of aryl methyl sites for hydroxylation is 1. The van der Waals surface area contributed by atoms with Crippen LogP contribution in [0.3, 0.4) is 0 Å². The molecule has 166 valence electrons. The molecule has 2 aromatic carbocycles. The molecular formula is C23H23ClN4O4. The van der Waals surface area contributed by atoms with Crippen LogP contribution in [0.15, 0.2) is 53.6 Å². The molecule has 0 aliphatic heterocycles. The van der Waals surface area contributed by atoms with Gasteiger partial charge in [0.2, 0.25) is 0 Å². The molecule has 1 amide bonds. The SMILES string of the molecule is CCCOc1ccc(C(=O)N/N=C\c2cc(C)n(-c3ccc(Cl)cc3[N+](=O)[O-])c2C)cc1. The Morgan fingerprint density at radius 1 is 1.22 bits per heavy atom. The number of aromatic nitrogens is 1. The third kappa shape index (κ3) is 5.15. The van der Waals surface area contributed by atoms with Crippen molar-refractivity contribution in [3.8, 4) is 11.4 Å². The van der Waals surface area contributed by atoms with E-state index in [0.717, 1.165) is 23.4 Å². The highest BCUT2D eigenvalue weighted by molar-refractivity contribution is 6.30. The van der Waals surface area contributed by atoms with Crippen molar-refractivity contribution in [1.82, 2.24) is 9.99 Å². The van der Waals surface area contributed by atoms with Crippen molar-refractivity contribution in [3.05, 3.63) is 86.2 Å². The minimum absolute atomic E-state index is 0.0949. The van der Waals surface area contributed by atoms with E-state index in [1.807, 2.05) is 26.8 Å². The van der Waals surface area contributed by atoms with Crippen molar-refractivity contribution in [2.75, 3.05) is 6.61 Å². The quantitative estimate of drug-likeness (QED) is 0.287. The van der Waals surface area contributed by atoms with Gasteiger partial charge < -0.3 is 9.30 Å². The largest absolute Gasteiger partial charge is 0.494 e. The number of nitrogens with one attached hydrogen (secondary N) is 1. The van der Waals surface area contributed by atoms with Crippen molar-refractivity contribution < 1.29 is 14.5 Å². The van der Waals surface area contributed by atoms with Crippen LogP contribution in [-0.2, 0) is 0 Å². The second-order valence-corrected chi connectivity index (χ2v) is 7.56. The lowest BCUT2D eigenvalue weighted by molar-refractivity contribution is -0.384. The maximum absolute atomic E-state index is 12.3. The minimum atomic E-state index is -0.466. The van der Waals surface area contributed by atoms with Crippen LogP contribution in [0.4, 0.5) is 5.69 Å². The summed E-state index contributed by atoms with van der Waals surface area (Å²) >= 11 is 5.93. The smallest absolute Gasteiger partial charge is 0.294 e. The van der Waals surface area contributed by atoms with E-state index in [9.17, 15) is 14.9 Å². The van der Waals surface area contributed by atoms with E-state index in [0.29, 0.717) is 23.6 Å². The second kappa shape index (κ2) is 10.1. The Hall–Kier alpha value is -3.65. The third-order valence-electron chi connectivity index (χ3n) is 4.80. The lowest BCUT2D eigenvalue weighted by atomic mass is 10.2. The number of carbonyl (C=O) groups is 1. The molecule has 9 heteroatoms. The summed E-state index contributed by atoms with van der Waals surface area (Å²) in [6.45, 7) is 6.30. The number of benzene rings is 2. The molecule has 1 N–H and O–H groups in total. The normalized spacial score (nSPS) is 11.0. The van der Waals surface area contributed by atoms with Crippen LogP contribution >= 0.6 is 11.6 Å². The molecule has 0 aliphatic carbocycles. The van der Waals surface area contributed by atoms with Gasteiger partial charge in [-0.2, -0.15) is 5.10 Å². The van der Waals surface area contributed by atoms with Crippen molar-refractivity contribution in [1.29, 1.82) is 0 Å². The molecule has 0 atom stereocenters. The Morgan fingerprint density at radius 2 is 1.94 bits per heavy atom. The number of hydrogen-bond acceptors (Lipinski definition) is 5. The predicted octanol–water partition coefficient (Wildman–Crippen LogP) is 5.21. The van der Waals surface area contributed by atoms with Gasteiger partial charge in [0.05, 0.1) is 17.7 Å². The fourth-order valence-electron chi connectivity index (χ4n) is 3.27. The van der Waals surface area contributed by atoms with Crippen LogP contribution < -0.4 is 10.2 Å². The Labute approximate surface area is 190 Å². The molecular weight excluding hydrogens is 432 g/mol. The number of hydrazone groups is 1. The molecule has 1 heterocycles. The molecule has 3 rings (SSSR count). The lowest BCUT2D eigenvalue weighted by Gasteiger charge is -2.10. The molecule has 0 saturated carbocycles. The van der Waals surface area contributed by atoms with E-state index >= 15 is 0 Å². The third-order valence-corrected chi connectivity index (χ3v) is 5.04. The summed E-state index contributed by atoms with van der Waals surface area (Å²) in [6, 6.07) is 13.2. The van der Waals surface area contributed by atoms with Crippen LogP contribution in [0.25, 0.3) is 5.69 Å². The summed E-state index contributed by atoms with van der Waals surface area (Å²) in [7, 11) is 0. The average molecular weight is 455 g/mol. The number of nitro groups is 1. The summed E-state index contributed by atoms with van der Waals surface area (Å²) in [6.07, 6.45) is 2.42. The zero-order valence-corrected chi connectivity index (χ0v) is 18.7. The van der Waals surface area contributed by atoms with Gasteiger partial charge in [-0.15, -0.1) is 0 Å². The zero-order valence-electron chi connectivity index (χ0n) is 18.0. The van der Waals surface area contributed by atoms with Gasteiger partial charge in [0, 0.05) is 33.6 Å². The van der Waals surface area contributed by atoms with Gasteiger partial charge in [0.1, 0.15) is 11.4 Å². The van der Waals surface area contributed by atoms with E-state index in [2.05, 4.69) is 10.5 Å². The van der Waals surface area contributed by atoms with Crippen molar-refractivity contribution in [2.24, 2.45) is 5.10 Å². The fourth-order valence-corrected chi connectivity index (χ4v) is 3.43. The molecule has 0 fully saturated rings. The molecule has 0 saturated heterocycles. The van der Waals surface area contributed by atoms with E-state index in [1.165, 1.54) is 12.3 Å². The Morgan fingerprint density at radius 3 is 2.59 bits per heavy atom. The highest BCUT2D eigenvalue weighted by Gasteiger charge is 2.20. The molecule has 3 aromatic rings. The number of rotatable bonds is 8. The molecule has 8 nitrogen and oxygen atoms in total. The molecule has 0 radical (unpaired) electrons. The van der Waals surface area contributed by atoms with Crippen LogP contribution in [0.2, 0.25) is 5.02 Å². The summed E-state index contributed by atoms with van der Waals surface area (Å²) in [5.41, 5.74) is 5.50. The Bertz CT molecular complexity index is 1170. The van der Waals surface area contributed by atoms with Gasteiger partial charge in [0.15, 0.2) is 0 Å². The van der Waals surface area contributed by atoms with Crippen LogP contribution in [0.1, 0.15) is 40.7 Å². The molecule has 0 aliphatic rings. The van der Waals surface area contributed by atoms with Gasteiger partial charge in [0.25, 0.3) is 11.6 Å². The summed E-state index contributed by atoms with van der Waals surface area (Å²) in [4.78, 5) is 23.3. The van der Waals surface area contributed by atoms with Crippen LogP contribution in [0.5, 0.6) is 5.75 Å². The van der Waals surface area contributed by atoms with Crippen molar-refractivity contribution >= 4 is 29.4 Å². The Balaban J connectivity index is 1.77. The van der Waals surface area contributed by atoms with E-state index in [-0.39, 0.29) is 16.6 Å². The van der Waals surface area contributed by atoms with E-state index in [4.69, 9.17) is 16.3 Å². The predicted molar refractivity (Wildman–Crippen MR) is 124 cm³/mol. The van der Waals surface area contributed by atoms with E-state index < -0.39 is 4.92 Å². The monoisotopic (exact) mass is 454 g/mol. The van der Waals surface area contributed by atoms with Gasteiger partial charge in [-0.25, -0.2) is 5.43 Å². The standard InChI is InChI=1S/C23H23ClN4O4/c1-4-11-32-20-8-5-17(6-9-20)23(29)26-25-14-18-12-15(2)27(16(18)3)21-10-7-19(24)13-22(21)28(30)31/h5-10,12-14H,4,11H2,1-3H3,(H,26,29)/b25-14-. The first-order valence-corrected chi connectivity index (χ1v) is 10.4. The maximum Gasteiger partial charge on any atom is 0.294 e. The maximum atomic E-state index is 12.3. The topological polar surface area (TPSA) is 98.8 Å². The molecule has 0 spiro atoms. The van der Waals surface area contributed by atoms with Gasteiger partial charge in [-0.05, 0) is 62.7 Å². The highest BCUT2D eigenvalue weighted by Crippen LogP contribution is 2.30. The summed E-state index contributed by atoms with van der Waals surface area (Å²) in [5.74, 6) is 0.348. The number of amides is 1. The number of ether oxygens (including phenoxy) is 1. The number of nitrogens with zero attached hydrogens (tertiary/aromatic N) is 3. The first-order chi connectivity index (χ1) is 15.3. The second-order valence-electron chi connectivity index (χ2n) is 7.12. The Kier molecular flexibility index (Phi) is 7.27. The molecule has 32 heavy (non-hydrogen) atoms. The summed E-state index contributed by atoms with van der Waals surface area (Å²) in [5, 5.41) is 15.8. The minimum Gasteiger partial charge on any atom is -0.494 e. The van der Waals surface area contributed by atoms with Gasteiger partial charge in [-0.1, -0.05) is 18.5 Å². The van der Waals surface area contributed by atoms with Crippen molar-refractivity contribution in [3.63, 3.8) is 0 Å². The fraction of sp³-hybridized carbons (Fsp3) is 0.217. The first-order valence-electron chi connectivity index (χ1n) is 10.0. The number of halogens is 1. The molecule has 0 bridgehead atoms. The first kappa shape index (κ1) is 23.0. The highest BCUT2D eigenvalue weighted by atomic mass is 35.5. The van der Waals surface area contributed by atoms with Gasteiger partial charge >= 0.3 is 0 Å². The zero-order chi connectivity index (χ0) is 23.3. The van der Waals surface area contributed by atoms with E-state index in [1.54, 1.807) is 41.0 Å². The number of nitro benzene ring substituents is 1. The average Bonchev–Trinajstić information content (AvgIpc) is 3.05. The van der Waals surface area contributed by atoms with Crippen molar-refractivity contribution in [2.45, 2.75) is 27.2 Å². The lowest BCUT2D eigenvalue weighted by Crippen LogP contribution is -2.17. The van der Waals surface area contributed by atoms with Crippen LogP contribution in [0, 0.1) is 24.0 Å². The van der Waals surface area contributed by atoms with Gasteiger partial charge in [-0.3, -0.25) is 14.9 Å². The summed E-state index contributed by atoms with van der Waals surface area (Å²) < 4.78 is 7.27. The molecule has 1 aromatic heterocycles.